The second-order valence-corrected chi connectivity index (χ2v) is 17.3. The highest BCUT2D eigenvalue weighted by atomic mass is 31.2. The van der Waals surface area contributed by atoms with Crippen molar-refractivity contribution in [3.05, 3.63) is 60.8 Å². The van der Waals surface area contributed by atoms with Crippen molar-refractivity contribution in [2.24, 2.45) is 0 Å². The molecule has 0 aromatic carbocycles. The van der Waals surface area contributed by atoms with Crippen LogP contribution < -0.4 is 0 Å². The van der Waals surface area contributed by atoms with Crippen molar-refractivity contribution in [3.63, 3.8) is 0 Å². The molecule has 0 fully saturated rings. The summed E-state index contributed by atoms with van der Waals surface area (Å²) in [6.45, 7) is 4.36. The highest BCUT2D eigenvalue weighted by Crippen LogP contribution is 2.43. The Kier molecular flexibility index (Phi) is 42.7. The summed E-state index contributed by atoms with van der Waals surface area (Å²) in [6.07, 6.45) is 45.1. The number of unbranched alkanes of at least 4 members (excludes halogenated alkanes) is 17. The smallest absolute Gasteiger partial charge is 0.462 e. The van der Waals surface area contributed by atoms with Crippen LogP contribution in [0.25, 0.3) is 0 Å². The summed E-state index contributed by atoms with van der Waals surface area (Å²) >= 11 is 0. The van der Waals surface area contributed by atoms with Gasteiger partial charge in [0.05, 0.1) is 19.8 Å². The number of carbonyl (C=O) groups is 3. The largest absolute Gasteiger partial charge is 0.472 e. The second-order valence-electron chi connectivity index (χ2n) is 15.9. The van der Waals surface area contributed by atoms with Gasteiger partial charge in [-0.05, 0) is 64.2 Å². The Hall–Kier alpha value is -2.82. The predicted octanol–water partition coefficient (Wildman–Crippen LogP) is 13.2. The van der Waals surface area contributed by atoms with Gasteiger partial charge in [0.2, 0.25) is 0 Å². The van der Waals surface area contributed by atoms with Gasteiger partial charge in [-0.1, -0.05) is 178 Å². The number of rotatable bonds is 44. The van der Waals surface area contributed by atoms with Gasteiger partial charge in [0, 0.05) is 19.3 Å². The van der Waals surface area contributed by atoms with Crippen LogP contribution in [-0.2, 0) is 42.2 Å². The number of allylic oxidation sites excluding steroid dienone is 10. The fourth-order valence-corrected chi connectivity index (χ4v) is 7.02. The van der Waals surface area contributed by atoms with Crippen LogP contribution in [0, 0.1) is 0 Å². The zero-order valence-corrected chi connectivity index (χ0v) is 40.0. The Bertz CT molecular complexity index is 1280. The van der Waals surface area contributed by atoms with Crippen LogP contribution >= 0.6 is 7.82 Å². The lowest BCUT2D eigenvalue weighted by Gasteiger charge is -2.21. The first kappa shape index (κ1) is 59.2. The van der Waals surface area contributed by atoms with Gasteiger partial charge in [0.25, 0.3) is 0 Å². The minimum atomic E-state index is -4.75. The van der Waals surface area contributed by atoms with Crippen molar-refractivity contribution >= 4 is 25.7 Å². The molecule has 0 aliphatic rings. The van der Waals surface area contributed by atoms with E-state index in [1.165, 1.54) is 57.8 Å². The van der Waals surface area contributed by atoms with E-state index >= 15 is 0 Å². The fraction of sp³-hybridized carbons (Fsp3) is 0.740. The first-order chi connectivity index (χ1) is 30.2. The Morgan fingerprint density at radius 2 is 0.887 bits per heavy atom. The molecule has 0 saturated heterocycles. The lowest BCUT2D eigenvalue weighted by atomic mass is 10.1. The minimum absolute atomic E-state index is 0.0449. The zero-order valence-electron chi connectivity index (χ0n) is 39.1. The van der Waals surface area contributed by atoms with Crippen LogP contribution in [0.1, 0.15) is 201 Å². The van der Waals surface area contributed by atoms with Gasteiger partial charge >= 0.3 is 25.7 Å². The minimum Gasteiger partial charge on any atom is -0.462 e. The molecule has 3 unspecified atom stereocenters. The molecule has 0 aliphatic carbocycles. The van der Waals surface area contributed by atoms with Crippen molar-refractivity contribution in [2.75, 3.05) is 26.4 Å². The number of esters is 3. The van der Waals surface area contributed by atoms with Crippen LogP contribution in [0.3, 0.4) is 0 Å². The van der Waals surface area contributed by atoms with Crippen molar-refractivity contribution in [1.82, 2.24) is 0 Å². The molecule has 0 spiro atoms. The third kappa shape index (κ3) is 42.5. The van der Waals surface area contributed by atoms with E-state index in [0.29, 0.717) is 19.3 Å². The number of phosphoric acid groups is 1. The average Bonchev–Trinajstić information content (AvgIpc) is 3.25. The highest BCUT2D eigenvalue weighted by molar-refractivity contribution is 7.47. The zero-order chi connectivity index (χ0) is 45.6. The molecule has 62 heavy (non-hydrogen) atoms. The fourth-order valence-electron chi connectivity index (χ4n) is 6.23. The summed E-state index contributed by atoms with van der Waals surface area (Å²) in [5.41, 5.74) is 0. The van der Waals surface area contributed by atoms with Crippen molar-refractivity contribution < 1.29 is 52.2 Å². The molecule has 0 aromatic rings. The van der Waals surface area contributed by atoms with Crippen LogP contribution in [0.15, 0.2) is 60.8 Å². The van der Waals surface area contributed by atoms with Gasteiger partial charge in [-0.15, -0.1) is 0 Å². The normalized spacial score (nSPS) is 14.1. The number of hydrogen-bond donors (Lipinski definition) is 2. The molecule has 3 atom stereocenters. The number of ether oxygens (including phenoxy) is 3. The molecule has 0 saturated carbocycles. The maximum Gasteiger partial charge on any atom is 0.472 e. The molecule has 12 heteroatoms. The second kappa shape index (κ2) is 44.8. The predicted molar refractivity (Wildman–Crippen MR) is 252 cm³/mol. The van der Waals surface area contributed by atoms with Crippen LogP contribution in [0.5, 0.6) is 0 Å². The van der Waals surface area contributed by atoms with Gasteiger partial charge in [0.1, 0.15) is 12.7 Å². The van der Waals surface area contributed by atoms with E-state index in [-0.39, 0.29) is 25.9 Å². The standard InChI is InChI=1S/C50H87O11P/c1-4-7-10-13-16-19-22-23-26-29-32-35-38-41-50(54)61-47(43-57-48(52)39-36-33-30-27-24-20-17-14-11-8-5-2)45-59-62(55,56)58-44-46(42-51)60-49(53)40-37-34-31-28-25-21-18-15-12-9-6-3/h7,10,14,16-17,19,23,26,32,35,46-47,51H,4-6,8-9,11-13,15,18,20-22,24-25,27-31,33-34,36-45H2,1-3H3,(H,55,56)/b10-7-,17-14-,19-16-,26-23-,35-32-. The third-order valence-corrected chi connectivity index (χ3v) is 10.9. The van der Waals surface area contributed by atoms with Crippen molar-refractivity contribution in [3.8, 4) is 0 Å². The highest BCUT2D eigenvalue weighted by Gasteiger charge is 2.28. The monoisotopic (exact) mass is 895 g/mol. The summed E-state index contributed by atoms with van der Waals surface area (Å²) in [5.74, 6) is -1.58. The molecule has 0 heterocycles. The Labute approximate surface area is 376 Å². The van der Waals surface area contributed by atoms with Gasteiger partial charge in [-0.2, -0.15) is 0 Å². The quantitative estimate of drug-likeness (QED) is 0.0197. The molecular weight excluding hydrogens is 808 g/mol. The Morgan fingerprint density at radius 3 is 1.44 bits per heavy atom. The van der Waals surface area contributed by atoms with Gasteiger partial charge in [0.15, 0.2) is 6.10 Å². The lowest BCUT2D eigenvalue weighted by molar-refractivity contribution is -0.161. The van der Waals surface area contributed by atoms with Gasteiger partial charge in [-0.25, -0.2) is 4.57 Å². The van der Waals surface area contributed by atoms with Gasteiger partial charge < -0.3 is 24.2 Å². The SMILES string of the molecule is CC/C=C\C/C=C\C/C=C\C/C=C\CCC(=O)OC(COC(=O)CCCCCCC/C=C\CCCC)COP(=O)(O)OCC(CO)OC(=O)CCCCCCCCCCCCC. The molecule has 0 amide bonds. The molecular formula is C50H87O11P. The molecule has 0 bridgehead atoms. The van der Waals surface area contributed by atoms with E-state index < -0.39 is 57.8 Å². The van der Waals surface area contributed by atoms with E-state index in [0.717, 1.165) is 83.5 Å². The van der Waals surface area contributed by atoms with E-state index in [2.05, 4.69) is 69.4 Å². The number of aliphatic hydroxyl groups is 1. The summed E-state index contributed by atoms with van der Waals surface area (Å²) < 4.78 is 39.1. The molecule has 0 aromatic heterocycles. The van der Waals surface area contributed by atoms with Crippen molar-refractivity contribution in [1.29, 1.82) is 0 Å². The number of carbonyl (C=O) groups excluding carboxylic acids is 3. The van der Waals surface area contributed by atoms with E-state index in [9.17, 15) is 28.9 Å². The number of aliphatic hydroxyl groups excluding tert-OH is 1. The summed E-state index contributed by atoms with van der Waals surface area (Å²) in [4.78, 5) is 48.0. The van der Waals surface area contributed by atoms with E-state index in [4.69, 9.17) is 23.3 Å². The van der Waals surface area contributed by atoms with Crippen LogP contribution in [-0.4, -0.2) is 66.5 Å². The van der Waals surface area contributed by atoms with E-state index in [1.54, 1.807) is 0 Å². The lowest BCUT2D eigenvalue weighted by Crippen LogP contribution is -2.30. The van der Waals surface area contributed by atoms with E-state index in [1.807, 2.05) is 12.2 Å². The van der Waals surface area contributed by atoms with Crippen LogP contribution in [0.2, 0.25) is 0 Å². The summed E-state index contributed by atoms with van der Waals surface area (Å²) in [5, 5.41) is 9.73. The molecule has 0 rings (SSSR count). The molecule has 11 nitrogen and oxygen atoms in total. The Balaban J connectivity index is 4.85. The third-order valence-electron chi connectivity index (χ3n) is 9.94. The van der Waals surface area contributed by atoms with Crippen LogP contribution in [0.4, 0.5) is 0 Å². The molecule has 0 radical (unpaired) electrons. The first-order valence-electron chi connectivity index (χ1n) is 24.2. The maximum atomic E-state index is 12.8. The summed E-state index contributed by atoms with van der Waals surface area (Å²) in [6, 6.07) is 0. The molecule has 358 valence electrons. The topological polar surface area (TPSA) is 155 Å². The number of phosphoric ester groups is 1. The average molecular weight is 895 g/mol. The maximum absolute atomic E-state index is 12.8. The molecule has 0 aliphatic heterocycles. The molecule has 2 N–H and O–H groups in total. The number of hydrogen-bond acceptors (Lipinski definition) is 10. The summed E-state index contributed by atoms with van der Waals surface area (Å²) in [7, 11) is -4.75. The van der Waals surface area contributed by atoms with Gasteiger partial charge in [-0.3, -0.25) is 23.4 Å². The van der Waals surface area contributed by atoms with Crippen molar-refractivity contribution in [2.45, 2.75) is 213 Å². The first-order valence-corrected chi connectivity index (χ1v) is 25.7. The Morgan fingerprint density at radius 1 is 0.468 bits per heavy atom.